The molecule has 3 aliphatic rings. The van der Waals surface area contributed by atoms with Crippen molar-refractivity contribution < 1.29 is 14.6 Å². The molecule has 0 aromatic rings. The van der Waals surface area contributed by atoms with Crippen LogP contribution in [0.5, 0.6) is 0 Å². The number of nitrogens with two attached hydrogens (primary N) is 1. The van der Waals surface area contributed by atoms with Crippen LogP contribution < -0.4 is 11.1 Å². The Labute approximate surface area is 132 Å². The molecule has 22 heavy (non-hydrogen) atoms. The first-order valence-corrected chi connectivity index (χ1v) is 8.61. The van der Waals surface area contributed by atoms with Crippen LogP contribution in [0, 0.1) is 11.3 Å². The summed E-state index contributed by atoms with van der Waals surface area (Å²) in [6.45, 7) is 3.73. The minimum atomic E-state index is -0.272. The lowest BCUT2D eigenvalue weighted by atomic mass is 9.76. The van der Waals surface area contributed by atoms with Crippen molar-refractivity contribution >= 4 is 5.96 Å². The van der Waals surface area contributed by atoms with E-state index in [2.05, 4.69) is 10.3 Å². The molecule has 2 heterocycles. The smallest absolute Gasteiger partial charge is 0.188 e. The molecule has 126 valence electrons. The molecule has 2 aliphatic heterocycles. The Morgan fingerprint density at radius 2 is 2.05 bits per heavy atom. The summed E-state index contributed by atoms with van der Waals surface area (Å²) < 4.78 is 11.0. The van der Waals surface area contributed by atoms with Crippen LogP contribution in [0.25, 0.3) is 0 Å². The number of aliphatic imine (C=N–C) groups is 1. The summed E-state index contributed by atoms with van der Waals surface area (Å²) in [5, 5.41) is 13.8. The number of nitrogens with one attached hydrogen (secondary N) is 1. The third kappa shape index (κ3) is 3.55. The van der Waals surface area contributed by atoms with E-state index < -0.39 is 0 Å². The lowest BCUT2D eigenvalue weighted by Gasteiger charge is -2.37. The number of aliphatic hydroxyl groups excluding tert-OH is 1. The molecule has 0 aromatic carbocycles. The Balaban J connectivity index is 1.45. The molecule has 2 saturated heterocycles. The molecule has 4 N–H and O–H groups in total. The van der Waals surface area contributed by atoms with Gasteiger partial charge < -0.3 is 25.6 Å². The minimum absolute atomic E-state index is 0.0678. The van der Waals surface area contributed by atoms with Crippen LogP contribution in [0.2, 0.25) is 0 Å². The van der Waals surface area contributed by atoms with Gasteiger partial charge in [0.25, 0.3) is 0 Å². The van der Waals surface area contributed by atoms with E-state index in [-0.39, 0.29) is 23.5 Å². The van der Waals surface area contributed by atoms with Gasteiger partial charge in [0.15, 0.2) is 5.96 Å². The number of nitrogens with zero attached hydrogens (tertiary/aromatic N) is 1. The number of hydrogen-bond donors (Lipinski definition) is 3. The summed E-state index contributed by atoms with van der Waals surface area (Å²) >= 11 is 0. The maximum atomic E-state index is 10.7. The van der Waals surface area contributed by atoms with Gasteiger partial charge in [-0.25, -0.2) is 0 Å². The molecule has 1 aliphatic carbocycles. The highest BCUT2D eigenvalue weighted by molar-refractivity contribution is 5.77. The van der Waals surface area contributed by atoms with E-state index in [1.807, 2.05) is 0 Å². The van der Waals surface area contributed by atoms with E-state index in [4.69, 9.17) is 15.2 Å². The molecule has 0 amide bonds. The maximum absolute atomic E-state index is 10.7. The van der Waals surface area contributed by atoms with Crippen LogP contribution in [0.15, 0.2) is 4.99 Å². The lowest BCUT2D eigenvalue weighted by Crippen LogP contribution is -2.40. The average Bonchev–Trinajstić information content (AvgIpc) is 3.15. The van der Waals surface area contributed by atoms with Gasteiger partial charge in [0.1, 0.15) is 0 Å². The van der Waals surface area contributed by atoms with Crippen molar-refractivity contribution in [2.24, 2.45) is 22.1 Å². The number of rotatable bonds is 4. The lowest BCUT2D eigenvalue weighted by molar-refractivity contribution is -0.0548. The Bertz CT molecular complexity index is 390. The van der Waals surface area contributed by atoms with Crippen molar-refractivity contribution in [2.45, 2.75) is 50.7 Å². The van der Waals surface area contributed by atoms with E-state index in [1.54, 1.807) is 0 Å². The molecule has 3 fully saturated rings. The Kier molecular flexibility index (Phi) is 5.21. The zero-order chi connectivity index (χ0) is 15.4. The second kappa shape index (κ2) is 7.15. The van der Waals surface area contributed by atoms with Crippen LogP contribution in [0.1, 0.15) is 38.5 Å². The van der Waals surface area contributed by atoms with Crippen molar-refractivity contribution in [3.63, 3.8) is 0 Å². The quantitative estimate of drug-likeness (QED) is 0.524. The summed E-state index contributed by atoms with van der Waals surface area (Å²) in [7, 11) is 0. The summed E-state index contributed by atoms with van der Waals surface area (Å²) in [6.07, 6.45) is 6.27. The van der Waals surface area contributed by atoms with Crippen molar-refractivity contribution in [1.29, 1.82) is 0 Å². The summed E-state index contributed by atoms with van der Waals surface area (Å²) in [5.74, 6) is 0.691. The molecule has 3 unspecified atom stereocenters. The molecular weight excluding hydrogens is 282 g/mol. The van der Waals surface area contributed by atoms with Crippen LogP contribution in [-0.4, -0.2) is 56.2 Å². The van der Waals surface area contributed by atoms with Gasteiger partial charge >= 0.3 is 0 Å². The Morgan fingerprint density at radius 1 is 1.23 bits per heavy atom. The highest BCUT2D eigenvalue weighted by atomic mass is 16.5. The minimum Gasteiger partial charge on any atom is -0.392 e. The Morgan fingerprint density at radius 3 is 2.77 bits per heavy atom. The predicted molar refractivity (Wildman–Crippen MR) is 84.7 cm³/mol. The van der Waals surface area contributed by atoms with E-state index in [0.29, 0.717) is 12.5 Å². The molecule has 3 rings (SSSR count). The largest absolute Gasteiger partial charge is 0.392 e. The van der Waals surface area contributed by atoms with Crippen LogP contribution in [0.4, 0.5) is 0 Å². The van der Waals surface area contributed by atoms with Gasteiger partial charge in [0.2, 0.25) is 0 Å². The van der Waals surface area contributed by atoms with Crippen LogP contribution in [-0.2, 0) is 9.47 Å². The number of aliphatic hydroxyl groups is 1. The van der Waals surface area contributed by atoms with Gasteiger partial charge in [-0.05, 0) is 38.5 Å². The summed E-state index contributed by atoms with van der Waals surface area (Å²) in [4.78, 5) is 4.43. The first-order chi connectivity index (χ1) is 10.7. The topological polar surface area (TPSA) is 89.1 Å². The van der Waals surface area contributed by atoms with Gasteiger partial charge in [0.05, 0.1) is 12.2 Å². The zero-order valence-electron chi connectivity index (χ0n) is 13.3. The highest BCUT2D eigenvalue weighted by Crippen LogP contribution is 2.48. The SMILES string of the molecule is NC(=NCC1CCC2(CCOCC2)C1O)NCC1CCCO1. The van der Waals surface area contributed by atoms with Crippen molar-refractivity contribution in [2.75, 3.05) is 32.9 Å². The fourth-order valence-electron chi connectivity index (χ4n) is 4.09. The number of ether oxygens (including phenoxy) is 2. The van der Waals surface area contributed by atoms with E-state index in [9.17, 15) is 5.11 Å². The third-order valence-corrected chi connectivity index (χ3v) is 5.61. The second-order valence-electron chi connectivity index (χ2n) is 6.96. The molecule has 0 radical (unpaired) electrons. The maximum Gasteiger partial charge on any atom is 0.188 e. The molecule has 1 spiro atoms. The normalized spacial score (nSPS) is 35.1. The molecule has 6 nitrogen and oxygen atoms in total. The first kappa shape index (κ1) is 16.0. The molecule has 6 heteroatoms. The molecular formula is C16H29N3O3. The fourth-order valence-corrected chi connectivity index (χ4v) is 4.09. The van der Waals surface area contributed by atoms with Crippen molar-refractivity contribution in [3.05, 3.63) is 0 Å². The van der Waals surface area contributed by atoms with Crippen molar-refractivity contribution in [1.82, 2.24) is 5.32 Å². The van der Waals surface area contributed by atoms with Gasteiger partial charge in [-0.1, -0.05) is 0 Å². The fraction of sp³-hybridized carbons (Fsp3) is 0.938. The number of hydrogen-bond acceptors (Lipinski definition) is 4. The van der Waals surface area contributed by atoms with Crippen LogP contribution >= 0.6 is 0 Å². The van der Waals surface area contributed by atoms with E-state index in [0.717, 1.165) is 64.9 Å². The second-order valence-corrected chi connectivity index (χ2v) is 6.96. The molecule has 1 saturated carbocycles. The first-order valence-electron chi connectivity index (χ1n) is 8.61. The molecule has 0 aromatic heterocycles. The van der Waals surface area contributed by atoms with Crippen LogP contribution in [0.3, 0.4) is 0 Å². The average molecular weight is 311 g/mol. The van der Waals surface area contributed by atoms with Crippen molar-refractivity contribution in [3.8, 4) is 0 Å². The van der Waals surface area contributed by atoms with Gasteiger partial charge in [-0.2, -0.15) is 0 Å². The van der Waals surface area contributed by atoms with Gasteiger partial charge in [-0.15, -0.1) is 0 Å². The Hall–Kier alpha value is -0.850. The predicted octanol–water partition coefficient (Wildman–Crippen LogP) is 0.637. The monoisotopic (exact) mass is 311 g/mol. The number of guanidine groups is 1. The standard InChI is InChI=1S/C16H29N3O3/c17-15(19-11-13-2-1-7-22-13)18-10-12-3-4-16(14(12)20)5-8-21-9-6-16/h12-14,20H,1-11H2,(H3,17,18,19). The summed E-state index contributed by atoms with van der Waals surface area (Å²) in [6, 6.07) is 0. The van der Waals surface area contributed by atoms with E-state index in [1.165, 1.54) is 0 Å². The molecule has 0 bridgehead atoms. The van der Waals surface area contributed by atoms with Gasteiger partial charge in [0, 0.05) is 44.2 Å². The third-order valence-electron chi connectivity index (χ3n) is 5.61. The highest BCUT2D eigenvalue weighted by Gasteiger charge is 2.47. The van der Waals surface area contributed by atoms with E-state index >= 15 is 0 Å². The van der Waals surface area contributed by atoms with Gasteiger partial charge in [-0.3, -0.25) is 4.99 Å². The summed E-state index contributed by atoms with van der Waals surface area (Å²) in [5.41, 5.74) is 5.99. The zero-order valence-corrected chi connectivity index (χ0v) is 13.3. The molecule has 3 atom stereocenters.